The number of rotatable bonds is 3. The topological polar surface area (TPSA) is 37.4 Å². The molecular weight excluding hydrogens is 289 g/mol. The second-order valence-corrected chi connectivity index (χ2v) is 7.03. The van der Waals surface area contributed by atoms with E-state index in [1.165, 1.54) is 16.4 Å². The van der Waals surface area contributed by atoms with Gasteiger partial charge in [0.1, 0.15) is 5.82 Å². The third-order valence-electron chi connectivity index (χ3n) is 3.79. The predicted molar refractivity (Wildman–Crippen MR) is 78.7 cm³/mol. The van der Waals surface area contributed by atoms with Crippen molar-refractivity contribution in [3.8, 4) is 0 Å². The molecule has 1 heterocycles. The molecule has 2 aromatic rings. The van der Waals surface area contributed by atoms with Crippen molar-refractivity contribution >= 4 is 10.0 Å². The van der Waals surface area contributed by atoms with E-state index >= 15 is 0 Å². The molecule has 0 radical (unpaired) electrons. The van der Waals surface area contributed by atoms with Crippen molar-refractivity contribution in [2.45, 2.75) is 23.8 Å². The van der Waals surface area contributed by atoms with Crippen molar-refractivity contribution in [3.63, 3.8) is 0 Å². The summed E-state index contributed by atoms with van der Waals surface area (Å²) < 4.78 is 40.4. The smallest absolute Gasteiger partial charge is 0.207 e. The fourth-order valence-electron chi connectivity index (χ4n) is 2.80. The summed E-state index contributed by atoms with van der Waals surface area (Å²) in [6.07, 6.45) is 1.50. The summed E-state index contributed by atoms with van der Waals surface area (Å²) in [5.41, 5.74) is 0.715. The summed E-state index contributed by atoms with van der Waals surface area (Å²) in [6.45, 7) is 0.471. The lowest BCUT2D eigenvalue weighted by atomic mass is 10.1. The molecule has 2 aromatic carbocycles. The highest BCUT2D eigenvalue weighted by atomic mass is 32.2. The maximum Gasteiger partial charge on any atom is 0.243 e. The Hall–Kier alpha value is -1.72. The molecule has 1 saturated heterocycles. The average molecular weight is 305 g/mol. The molecule has 1 unspecified atom stereocenters. The van der Waals surface area contributed by atoms with Crippen LogP contribution in [0, 0.1) is 5.82 Å². The van der Waals surface area contributed by atoms with Gasteiger partial charge in [-0.05, 0) is 42.7 Å². The molecule has 3 nitrogen and oxygen atoms in total. The first-order valence-electron chi connectivity index (χ1n) is 6.91. The van der Waals surface area contributed by atoms with Crippen LogP contribution in [0.5, 0.6) is 0 Å². The van der Waals surface area contributed by atoms with E-state index in [9.17, 15) is 12.8 Å². The summed E-state index contributed by atoms with van der Waals surface area (Å²) in [6, 6.07) is 14.3. The number of hydrogen-bond acceptors (Lipinski definition) is 2. The van der Waals surface area contributed by atoms with Gasteiger partial charge in [0, 0.05) is 6.54 Å². The molecule has 1 atom stereocenters. The molecule has 1 aliphatic heterocycles. The summed E-state index contributed by atoms with van der Waals surface area (Å²) in [4.78, 5) is 0.285. The summed E-state index contributed by atoms with van der Waals surface area (Å²) in [5, 5.41) is 0. The monoisotopic (exact) mass is 305 g/mol. The van der Waals surface area contributed by atoms with Gasteiger partial charge in [-0.15, -0.1) is 0 Å². The van der Waals surface area contributed by atoms with Crippen molar-refractivity contribution in [2.24, 2.45) is 0 Å². The van der Waals surface area contributed by atoms with Crippen molar-refractivity contribution in [2.75, 3.05) is 6.54 Å². The van der Waals surface area contributed by atoms with Gasteiger partial charge in [0.05, 0.1) is 10.9 Å². The third kappa shape index (κ3) is 2.71. The number of sulfonamides is 1. The fraction of sp³-hybridized carbons (Fsp3) is 0.250. The molecule has 1 aliphatic rings. The highest BCUT2D eigenvalue weighted by Gasteiger charge is 2.36. The summed E-state index contributed by atoms with van der Waals surface area (Å²) >= 11 is 0. The Kier molecular flexibility index (Phi) is 3.78. The number of nitrogens with zero attached hydrogens (tertiary/aromatic N) is 1. The number of hydrogen-bond donors (Lipinski definition) is 0. The Morgan fingerprint density at radius 3 is 2.52 bits per heavy atom. The van der Waals surface area contributed by atoms with E-state index < -0.39 is 10.0 Å². The van der Waals surface area contributed by atoms with Crippen LogP contribution in [0.3, 0.4) is 0 Å². The van der Waals surface area contributed by atoms with Crippen LogP contribution >= 0.6 is 0 Å². The van der Waals surface area contributed by atoms with E-state index in [1.54, 1.807) is 42.5 Å². The zero-order valence-corrected chi connectivity index (χ0v) is 12.3. The maximum absolute atomic E-state index is 13.4. The molecular formula is C16H16FNO2S. The lowest BCUT2D eigenvalue weighted by molar-refractivity contribution is 0.395. The Balaban J connectivity index is 1.98. The van der Waals surface area contributed by atoms with Crippen molar-refractivity contribution in [1.29, 1.82) is 0 Å². The van der Waals surface area contributed by atoms with Crippen LogP contribution in [0.2, 0.25) is 0 Å². The van der Waals surface area contributed by atoms with E-state index in [2.05, 4.69) is 0 Å². The summed E-state index contributed by atoms with van der Waals surface area (Å²) in [5.74, 6) is -0.337. The lowest BCUT2D eigenvalue weighted by Gasteiger charge is -2.24. The largest absolute Gasteiger partial charge is 0.243 e. The molecule has 0 saturated carbocycles. The Labute approximate surface area is 124 Å². The van der Waals surface area contributed by atoms with E-state index in [0.717, 1.165) is 12.8 Å². The van der Waals surface area contributed by atoms with Gasteiger partial charge in [0.15, 0.2) is 0 Å². The quantitative estimate of drug-likeness (QED) is 0.872. The molecule has 0 bridgehead atoms. The molecule has 0 aliphatic carbocycles. The number of benzene rings is 2. The standard InChI is InChI=1S/C16H16FNO2S/c17-14-7-4-6-13(12-14)16-10-5-11-18(16)21(19,20)15-8-2-1-3-9-15/h1-4,6-9,12,16H,5,10-11H2. The SMILES string of the molecule is O=S(=O)(c1ccccc1)N1CCCC1c1cccc(F)c1. The van der Waals surface area contributed by atoms with Crippen LogP contribution in [0.15, 0.2) is 59.5 Å². The third-order valence-corrected chi connectivity index (χ3v) is 5.71. The molecule has 0 spiro atoms. The molecule has 0 N–H and O–H groups in total. The van der Waals surface area contributed by atoms with Crippen molar-refractivity contribution < 1.29 is 12.8 Å². The second kappa shape index (κ2) is 5.58. The van der Waals surface area contributed by atoms with Gasteiger partial charge in [-0.1, -0.05) is 30.3 Å². The van der Waals surface area contributed by atoms with Gasteiger partial charge in [-0.3, -0.25) is 0 Å². The lowest BCUT2D eigenvalue weighted by Crippen LogP contribution is -2.30. The molecule has 5 heteroatoms. The predicted octanol–water partition coefficient (Wildman–Crippen LogP) is 3.35. The first kappa shape index (κ1) is 14.2. The highest BCUT2D eigenvalue weighted by molar-refractivity contribution is 7.89. The Bertz CT molecular complexity index is 731. The minimum Gasteiger partial charge on any atom is -0.207 e. The molecule has 110 valence electrons. The highest BCUT2D eigenvalue weighted by Crippen LogP contribution is 2.36. The van der Waals surface area contributed by atoms with Crippen LogP contribution in [-0.4, -0.2) is 19.3 Å². The normalized spacial score (nSPS) is 19.8. The molecule has 3 rings (SSSR count). The van der Waals surface area contributed by atoms with Gasteiger partial charge in [0.2, 0.25) is 10.0 Å². The van der Waals surface area contributed by atoms with E-state index in [4.69, 9.17) is 0 Å². The van der Waals surface area contributed by atoms with E-state index in [-0.39, 0.29) is 16.8 Å². The van der Waals surface area contributed by atoms with Crippen LogP contribution in [0.4, 0.5) is 4.39 Å². The zero-order chi connectivity index (χ0) is 14.9. The molecule has 21 heavy (non-hydrogen) atoms. The second-order valence-electron chi connectivity index (χ2n) is 5.14. The maximum atomic E-state index is 13.4. The molecule has 1 fully saturated rings. The minimum absolute atomic E-state index is 0.285. The van der Waals surface area contributed by atoms with Crippen molar-refractivity contribution in [3.05, 3.63) is 66.0 Å². The van der Waals surface area contributed by atoms with Gasteiger partial charge in [-0.2, -0.15) is 4.31 Å². The van der Waals surface area contributed by atoms with E-state index in [0.29, 0.717) is 12.1 Å². The molecule has 0 aromatic heterocycles. The van der Waals surface area contributed by atoms with E-state index in [1.807, 2.05) is 0 Å². The van der Waals surface area contributed by atoms with Crippen LogP contribution in [0.25, 0.3) is 0 Å². The van der Waals surface area contributed by atoms with Gasteiger partial charge in [-0.25, -0.2) is 12.8 Å². The number of halogens is 1. The van der Waals surface area contributed by atoms with Crippen LogP contribution in [-0.2, 0) is 10.0 Å². The van der Waals surface area contributed by atoms with Crippen LogP contribution < -0.4 is 0 Å². The van der Waals surface area contributed by atoms with Crippen molar-refractivity contribution in [1.82, 2.24) is 4.31 Å². The fourth-order valence-corrected chi connectivity index (χ4v) is 4.51. The Morgan fingerprint density at radius 2 is 1.81 bits per heavy atom. The zero-order valence-electron chi connectivity index (χ0n) is 11.4. The average Bonchev–Trinajstić information content (AvgIpc) is 2.98. The first-order valence-corrected chi connectivity index (χ1v) is 8.35. The molecule has 0 amide bonds. The minimum atomic E-state index is -3.54. The summed E-state index contributed by atoms with van der Waals surface area (Å²) in [7, 11) is -3.54. The van der Waals surface area contributed by atoms with Gasteiger partial charge >= 0.3 is 0 Å². The van der Waals surface area contributed by atoms with Crippen LogP contribution in [0.1, 0.15) is 24.4 Å². The Morgan fingerprint density at radius 1 is 1.05 bits per heavy atom. The van der Waals surface area contributed by atoms with Gasteiger partial charge < -0.3 is 0 Å². The first-order chi connectivity index (χ1) is 10.1. The van der Waals surface area contributed by atoms with Gasteiger partial charge in [0.25, 0.3) is 0 Å².